The summed E-state index contributed by atoms with van der Waals surface area (Å²) in [4.78, 5) is 21.9. The molecule has 0 bridgehead atoms. The fraction of sp³-hybridized carbons (Fsp3) is 0.462. The van der Waals surface area contributed by atoms with Crippen LogP contribution in [0.3, 0.4) is 0 Å². The van der Waals surface area contributed by atoms with Gasteiger partial charge in [0.15, 0.2) is 12.4 Å². The average molecular weight is 282 g/mol. The number of carbonyl (C=O) groups is 1. The van der Waals surface area contributed by atoms with E-state index in [0.717, 1.165) is 0 Å². The van der Waals surface area contributed by atoms with Crippen molar-refractivity contribution in [3.63, 3.8) is 0 Å². The summed E-state index contributed by atoms with van der Waals surface area (Å²) in [5.41, 5.74) is -0.192. The van der Waals surface area contributed by atoms with Crippen LogP contribution in [0.15, 0.2) is 24.3 Å². The van der Waals surface area contributed by atoms with Crippen LogP contribution in [0.2, 0.25) is 0 Å². The Balaban J connectivity index is 2.59. The molecular formula is C13H18N2O5. The minimum atomic E-state index is -0.572. The molecule has 0 aliphatic carbocycles. The predicted octanol–water partition coefficient (Wildman–Crippen LogP) is 1.11. The molecule has 20 heavy (non-hydrogen) atoms. The number of amides is 1. The Labute approximate surface area is 116 Å². The monoisotopic (exact) mass is 282 g/mol. The molecule has 110 valence electrons. The summed E-state index contributed by atoms with van der Waals surface area (Å²) in [5.74, 6) is -0.316. The van der Waals surface area contributed by atoms with E-state index in [1.807, 2.05) is 13.8 Å². The van der Waals surface area contributed by atoms with Crippen LogP contribution in [0.1, 0.15) is 13.8 Å². The minimum absolute atomic E-state index is 0.0396. The molecule has 0 heterocycles. The lowest BCUT2D eigenvalue weighted by Gasteiger charge is -2.19. The molecular weight excluding hydrogens is 264 g/mol. The topological polar surface area (TPSA) is 102 Å². The minimum Gasteiger partial charge on any atom is -0.477 e. The molecule has 0 spiro atoms. The largest absolute Gasteiger partial charge is 0.477 e. The Bertz CT molecular complexity index is 476. The maximum Gasteiger partial charge on any atom is 0.310 e. The molecule has 7 heteroatoms. The number of carbonyl (C=O) groups excluding carboxylic acids is 1. The van der Waals surface area contributed by atoms with Gasteiger partial charge in [0.05, 0.1) is 17.6 Å². The number of benzene rings is 1. The van der Waals surface area contributed by atoms with Crippen LogP contribution in [0.25, 0.3) is 0 Å². The normalized spacial score (nSPS) is 12.0. The second-order valence-corrected chi connectivity index (χ2v) is 4.61. The molecule has 1 atom stereocenters. The molecule has 0 saturated carbocycles. The van der Waals surface area contributed by atoms with E-state index in [0.29, 0.717) is 0 Å². The Morgan fingerprint density at radius 2 is 2.10 bits per heavy atom. The lowest BCUT2D eigenvalue weighted by molar-refractivity contribution is -0.385. The molecule has 1 aromatic rings. The Morgan fingerprint density at radius 1 is 1.45 bits per heavy atom. The molecule has 0 radical (unpaired) electrons. The smallest absolute Gasteiger partial charge is 0.310 e. The van der Waals surface area contributed by atoms with Gasteiger partial charge >= 0.3 is 5.69 Å². The highest BCUT2D eigenvalue weighted by atomic mass is 16.6. The number of nitro groups is 1. The maximum atomic E-state index is 11.7. The number of aliphatic hydroxyl groups is 1. The van der Waals surface area contributed by atoms with Gasteiger partial charge in [0.25, 0.3) is 5.91 Å². The van der Waals surface area contributed by atoms with Gasteiger partial charge in [-0.2, -0.15) is 0 Å². The van der Waals surface area contributed by atoms with Crippen LogP contribution in [0, 0.1) is 16.0 Å². The van der Waals surface area contributed by atoms with E-state index in [1.54, 1.807) is 6.07 Å². The fourth-order valence-electron chi connectivity index (χ4n) is 1.54. The second-order valence-electron chi connectivity index (χ2n) is 4.61. The van der Waals surface area contributed by atoms with Gasteiger partial charge in [0.2, 0.25) is 0 Å². The maximum absolute atomic E-state index is 11.7. The highest BCUT2D eigenvalue weighted by molar-refractivity contribution is 5.78. The van der Waals surface area contributed by atoms with Crippen molar-refractivity contribution in [2.24, 2.45) is 5.92 Å². The Kier molecular flexibility index (Phi) is 5.92. The zero-order valence-electron chi connectivity index (χ0n) is 11.4. The van der Waals surface area contributed by atoms with Crippen molar-refractivity contribution >= 4 is 11.6 Å². The molecule has 2 N–H and O–H groups in total. The third kappa shape index (κ3) is 4.51. The molecule has 1 aromatic carbocycles. The van der Waals surface area contributed by atoms with Crippen LogP contribution in [0.5, 0.6) is 5.75 Å². The van der Waals surface area contributed by atoms with E-state index < -0.39 is 10.8 Å². The SMILES string of the molecule is CC(C)[C@@H](CO)NC(=O)COc1ccccc1[N+](=O)[O-]. The van der Waals surface area contributed by atoms with E-state index in [4.69, 9.17) is 9.84 Å². The van der Waals surface area contributed by atoms with Crippen molar-refractivity contribution in [3.05, 3.63) is 34.4 Å². The number of aliphatic hydroxyl groups excluding tert-OH is 1. The van der Waals surface area contributed by atoms with Crippen molar-refractivity contribution < 1.29 is 19.6 Å². The van der Waals surface area contributed by atoms with Gasteiger partial charge in [-0.1, -0.05) is 26.0 Å². The number of rotatable bonds is 7. The van der Waals surface area contributed by atoms with Crippen molar-refractivity contribution in [2.45, 2.75) is 19.9 Å². The van der Waals surface area contributed by atoms with Gasteiger partial charge in [0.1, 0.15) is 0 Å². The van der Waals surface area contributed by atoms with E-state index in [2.05, 4.69) is 5.32 Å². The first kappa shape index (κ1) is 15.9. The molecule has 0 aliphatic rings. The van der Waals surface area contributed by atoms with Gasteiger partial charge < -0.3 is 15.2 Å². The summed E-state index contributed by atoms with van der Waals surface area (Å²) in [5, 5.41) is 22.5. The van der Waals surface area contributed by atoms with Gasteiger partial charge in [-0.05, 0) is 12.0 Å². The van der Waals surface area contributed by atoms with Crippen LogP contribution >= 0.6 is 0 Å². The summed E-state index contributed by atoms with van der Waals surface area (Å²) >= 11 is 0. The van der Waals surface area contributed by atoms with Gasteiger partial charge in [-0.25, -0.2) is 0 Å². The molecule has 0 saturated heterocycles. The highest BCUT2D eigenvalue weighted by Gasteiger charge is 2.18. The molecule has 1 amide bonds. The summed E-state index contributed by atoms with van der Waals surface area (Å²) < 4.78 is 5.15. The fourth-order valence-corrected chi connectivity index (χ4v) is 1.54. The summed E-state index contributed by atoms with van der Waals surface area (Å²) in [6.45, 7) is 3.22. The third-order valence-electron chi connectivity index (χ3n) is 2.77. The van der Waals surface area contributed by atoms with Gasteiger partial charge in [-0.3, -0.25) is 14.9 Å². The summed E-state index contributed by atoms with van der Waals surface area (Å²) in [6.07, 6.45) is 0. The van der Waals surface area contributed by atoms with Gasteiger partial charge in [-0.15, -0.1) is 0 Å². The summed E-state index contributed by atoms with van der Waals surface area (Å²) in [7, 11) is 0. The first-order valence-electron chi connectivity index (χ1n) is 6.22. The first-order chi connectivity index (χ1) is 9.45. The van der Waals surface area contributed by atoms with Crippen LogP contribution in [-0.4, -0.2) is 35.2 Å². The zero-order chi connectivity index (χ0) is 15.1. The second kappa shape index (κ2) is 7.44. The number of nitrogens with one attached hydrogen (secondary N) is 1. The number of hydrogen-bond acceptors (Lipinski definition) is 5. The molecule has 0 fully saturated rings. The highest BCUT2D eigenvalue weighted by Crippen LogP contribution is 2.25. The predicted molar refractivity (Wildman–Crippen MR) is 72.4 cm³/mol. The van der Waals surface area contributed by atoms with Crippen molar-refractivity contribution in [1.29, 1.82) is 0 Å². The summed E-state index contributed by atoms with van der Waals surface area (Å²) in [6, 6.07) is 5.48. The first-order valence-corrected chi connectivity index (χ1v) is 6.22. The Morgan fingerprint density at radius 3 is 2.65 bits per heavy atom. The molecule has 7 nitrogen and oxygen atoms in total. The average Bonchev–Trinajstić information content (AvgIpc) is 2.42. The lowest BCUT2D eigenvalue weighted by atomic mass is 10.1. The number of nitrogens with zero attached hydrogens (tertiary/aromatic N) is 1. The van der Waals surface area contributed by atoms with Crippen LogP contribution in [0.4, 0.5) is 5.69 Å². The van der Waals surface area contributed by atoms with E-state index in [-0.39, 0.29) is 36.6 Å². The lowest BCUT2D eigenvalue weighted by Crippen LogP contribution is -2.43. The quantitative estimate of drug-likeness (QED) is 0.576. The van der Waals surface area contributed by atoms with Crippen LogP contribution < -0.4 is 10.1 Å². The zero-order valence-corrected chi connectivity index (χ0v) is 11.4. The third-order valence-corrected chi connectivity index (χ3v) is 2.77. The number of hydrogen-bond donors (Lipinski definition) is 2. The molecule has 0 aromatic heterocycles. The standard InChI is InChI=1S/C13H18N2O5/c1-9(2)10(7-16)14-13(17)8-20-12-6-4-3-5-11(12)15(18)19/h3-6,9-10,16H,7-8H2,1-2H3,(H,14,17)/t10-/m1/s1. The van der Waals surface area contributed by atoms with E-state index in [1.165, 1.54) is 18.2 Å². The van der Waals surface area contributed by atoms with Crippen molar-refractivity contribution in [3.8, 4) is 5.75 Å². The van der Waals surface area contributed by atoms with Gasteiger partial charge in [0, 0.05) is 6.07 Å². The van der Waals surface area contributed by atoms with Crippen molar-refractivity contribution in [1.82, 2.24) is 5.32 Å². The number of ether oxygens (including phenoxy) is 1. The van der Waals surface area contributed by atoms with Crippen LogP contribution in [-0.2, 0) is 4.79 Å². The number of nitro benzene ring substituents is 1. The molecule has 1 rings (SSSR count). The van der Waals surface area contributed by atoms with Crippen molar-refractivity contribution in [2.75, 3.05) is 13.2 Å². The molecule has 0 unspecified atom stereocenters. The number of para-hydroxylation sites is 2. The van der Waals surface area contributed by atoms with E-state index >= 15 is 0 Å². The Hall–Kier alpha value is -2.15. The van der Waals surface area contributed by atoms with E-state index in [9.17, 15) is 14.9 Å². The molecule has 0 aliphatic heterocycles.